The summed E-state index contributed by atoms with van der Waals surface area (Å²) >= 11 is 3.56. The van der Waals surface area contributed by atoms with Crippen LogP contribution in [0.3, 0.4) is 0 Å². The van der Waals surface area contributed by atoms with E-state index >= 15 is 0 Å². The third kappa shape index (κ3) is 2.67. The van der Waals surface area contributed by atoms with Crippen molar-refractivity contribution in [2.75, 3.05) is 13.7 Å². The predicted molar refractivity (Wildman–Crippen MR) is 77.4 cm³/mol. The van der Waals surface area contributed by atoms with Gasteiger partial charge in [-0.3, -0.25) is 4.68 Å². The summed E-state index contributed by atoms with van der Waals surface area (Å²) in [6, 6.07) is 4.25. The lowest BCUT2D eigenvalue weighted by Crippen LogP contribution is -2.04. The van der Waals surface area contributed by atoms with Crippen LogP contribution in [0, 0.1) is 0 Å². The number of hydrogen-bond donors (Lipinski definition) is 1. The quantitative estimate of drug-likeness (QED) is 0.939. The van der Waals surface area contributed by atoms with E-state index in [0.29, 0.717) is 0 Å². The molecule has 1 aromatic carbocycles. The van der Waals surface area contributed by atoms with Crippen molar-refractivity contribution in [3.63, 3.8) is 0 Å². The van der Waals surface area contributed by atoms with Crippen LogP contribution in [0.25, 0.3) is 0 Å². The van der Waals surface area contributed by atoms with E-state index in [-0.39, 0.29) is 0 Å². The van der Waals surface area contributed by atoms with Gasteiger partial charge in [-0.25, -0.2) is 0 Å². The van der Waals surface area contributed by atoms with E-state index in [9.17, 15) is 0 Å². The fourth-order valence-corrected chi connectivity index (χ4v) is 2.98. The second-order valence-corrected chi connectivity index (χ2v) is 5.64. The summed E-state index contributed by atoms with van der Waals surface area (Å²) in [7, 11) is 1.94. The van der Waals surface area contributed by atoms with Gasteiger partial charge in [-0.2, -0.15) is 5.10 Å². The lowest BCUT2D eigenvalue weighted by molar-refractivity contribution is 0.352. The molecule has 5 heteroatoms. The lowest BCUT2D eigenvalue weighted by atomic mass is 10.1. The molecule has 0 bridgehead atoms. The van der Waals surface area contributed by atoms with Crippen molar-refractivity contribution in [1.82, 2.24) is 15.1 Å². The Bertz CT molecular complexity index is 594. The van der Waals surface area contributed by atoms with Gasteiger partial charge in [0.25, 0.3) is 0 Å². The van der Waals surface area contributed by atoms with Crippen LogP contribution in [0.15, 0.2) is 29.0 Å². The van der Waals surface area contributed by atoms with Crippen LogP contribution in [0.4, 0.5) is 0 Å². The summed E-state index contributed by atoms with van der Waals surface area (Å²) in [4.78, 5) is 0. The molecule has 4 nitrogen and oxygen atoms in total. The Kier molecular flexibility index (Phi) is 3.57. The van der Waals surface area contributed by atoms with E-state index in [2.05, 4.69) is 44.7 Å². The van der Waals surface area contributed by atoms with Crippen LogP contribution < -0.4 is 10.1 Å². The molecule has 100 valence electrons. The summed E-state index contributed by atoms with van der Waals surface area (Å²) in [6.07, 6.45) is 4.96. The molecule has 0 amide bonds. The molecule has 0 radical (unpaired) electrons. The molecule has 1 aromatic heterocycles. The Morgan fingerprint density at radius 2 is 2.37 bits per heavy atom. The van der Waals surface area contributed by atoms with Gasteiger partial charge in [0, 0.05) is 34.8 Å². The Morgan fingerprint density at radius 3 is 3.21 bits per heavy atom. The molecule has 0 spiro atoms. The van der Waals surface area contributed by atoms with Gasteiger partial charge < -0.3 is 10.1 Å². The molecule has 0 saturated carbocycles. The fourth-order valence-electron chi connectivity index (χ4n) is 2.43. The highest BCUT2D eigenvalue weighted by atomic mass is 79.9. The molecule has 0 saturated heterocycles. The highest BCUT2D eigenvalue weighted by Crippen LogP contribution is 2.33. The van der Waals surface area contributed by atoms with Gasteiger partial charge in [0.1, 0.15) is 5.75 Å². The maximum absolute atomic E-state index is 5.74. The van der Waals surface area contributed by atoms with E-state index in [0.717, 1.165) is 36.3 Å². The van der Waals surface area contributed by atoms with Crippen molar-refractivity contribution in [3.8, 4) is 5.75 Å². The molecule has 0 atom stereocenters. The molecule has 19 heavy (non-hydrogen) atoms. The van der Waals surface area contributed by atoms with Gasteiger partial charge in [-0.1, -0.05) is 15.9 Å². The highest BCUT2D eigenvalue weighted by molar-refractivity contribution is 9.10. The standard InChI is InChI=1S/C14H16BrN3O/c1-16-6-10-7-17-18(8-10)9-12-5-13(15)4-11-2-3-19-14(11)12/h4-5,7-8,16H,2-3,6,9H2,1H3. The summed E-state index contributed by atoms with van der Waals surface area (Å²) < 4.78 is 8.80. The average Bonchev–Trinajstić information content (AvgIpc) is 2.98. The molecule has 0 fully saturated rings. The van der Waals surface area contributed by atoms with Gasteiger partial charge in [-0.05, 0) is 24.7 Å². The van der Waals surface area contributed by atoms with Crippen molar-refractivity contribution < 1.29 is 4.74 Å². The van der Waals surface area contributed by atoms with Gasteiger partial charge >= 0.3 is 0 Å². The van der Waals surface area contributed by atoms with Crippen LogP contribution in [0.5, 0.6) is 5.75 Å². The smallest absolute Gasteiger partial charge is 0.127 e. The topological polar surface area (TPSA) is 39.1 Å². The Hall–Kier alpha value is -1.33. The highest BCUT2D eigenvalue weighted by Gasteiger charge is 2.17. The number of halogens is 1. The number of nitrogens with one attached hydrogen (secondary N) is 1. The van der Waals surface area contributed by atoms with Crippen molar-refractivity contribution in [2.45, 2.75) is 19.5 Å². The van der Waals surface area contributed by atoms with E-state index in [4.69, 9.17) is 4.74 Å². The van der Waals surface area contributed by atoms with E-state index in [1.807, 2.05) is 17.9 Å². The zero-order chi connectivity index (χ0) is 13.2. The molecular weight excluding hydrogens is 306 g/mol. The first kappa shape index (κ1) is 12.7. The minimum atomic E-state index is 0.742. The Balaban J connectivity index is 1.86. The molecule has 1 N–H and O–H groups in total. The van der Waals surface area contributed by atoms with Crippen molar-refractivity contribution >= 4 is 15.9 Å². The molecule has 1 aliphatic rings. The van der Waals surface area contributed by atoms with Crippen LogP contribution in [0.1, 0.15) is 16.7 Å². The van der Waals surface area contributed by atoms with Gasteiger partial charge in [0.05, 0.1) is 19.3 Å². The van der Waals surface area contributed by atoms with Gasteiger partial charge in [0.15, 0.2) is 0 Å². The molecular formula is C14H16BrN3O. The van der Waals surface area contributed by atoms with E-state index < -0.39 is 0 Å². The average molecular weight is 322 g/mol. The first-order valence-electron chi connectivity index (χ1n) is 6.36. The maximum atomic E-state index is 5.74. The number of benzene rings is 1. The van der Waals surface area contributed by atoms with Crippen LogP contribution in [-0.2, 0) is 19.5 Å². The normalized spacial score (nSPS) is 13.4. The third-order valence-electron chi connectivity index (χ3n) is 3.23. The van der Waals surface area contributed by atoms with Crippen LogP contribution in [-0.4, -0.2) is 23.4 Å². The second-order valence-electron chi connectivity index (χ2n) is 4.73. The van der Waals surface area contributed by atoms with Crippen molar-refractivity contribution in [1.29, 1.82) is 0 Å². The van der Waals surface area contributed by atoms with Gasteiger partial charge in [-0.15, -0.1) is 0 Å². The lowest BCUT2D eigenvalue weighted by Gasteiger charge is -2.09. The Labute approximate surface area is 120 Å². The molecule has 2 aromatic rings. The second kappa shape index (κ2) is 5.35. The number of hydrogen-bond acceptors (Lipinski definition) is 3. The summed E-state index contributed by atoms with van der Waals surface area (Å²) in [5, 5.41) is 7.52. The van der Waals surface area contributed by atoms with Crippen LogP contribution in [0.2, 0.25) is 0 Å². The summed E-state index contributed by atoms with van der Waals surface area (Å²) in [5.41, 5.74) is 3.66. The third-order valence-corrected chi connectivity index (χ3v) is 3.68. The molecule has 3 rings (SSSR count). The summed E-state index contributed by atoms with van der Waals surface area (Å²) in [6.45, 7) is 2.36. The number of nitrogens with zero attached hydrogens (tertiary/aromatic N) is 2. The number of aromatic nitrogens is 2. The molecule has 1 aliphatic heterocycles. The van der Waals surface area contributed by atoms with Crippen molar-refractivity contribution in [3.05, 3.63) is 45.7 Å². The molecule has 0 aliphatic carbocycles. The van der Waals surface area contributed by atoms with E-state index in [1.54, 1.807) is 0 Å². The predicted octanol–water partition coefficient (Wildman–Crippen LogP) is 2.35. The van der Waals surface area contributed by atoms with Crippen molar-refractivity contribution in [2.24, 2.45) is 0 Å². The number of fused-ring (bicyclic) bond motifs is 1. The minimum Gasteiger partial charge on any atom is -0.493 e. The zero-order valence-corrected chi connectivity index (χ0v) is 12.4. The largest absolute Gasteiger partial charge is 0.493 e. The number of rotatable bonds is 4. The molecule has 2 heterocycles. The minimum absolute atomic E-state index is 0.742. The zero-order valence-electron chi connectivity index (χ0n) is 10.8. The first-order chi connectivity index (χ1) is 9.26. The summed E-state index contributed by atoms with van der Waals surface area (Å²) in [5.74, 6) is 1.04. The SMILES string of the molecule is CNCc1cnn(Cc2cc(Br)cc3c2OCC3)c1. The monoisotopic (exact) mass is 321 g/mol. The Morgan fingerprint density at radius 1 is 1.47 bits per heavy atom. The van der Waals surface area contributed by atoms with Gasteiger partial charge in [0.2, 0.25) is 0 Å². The number of ether oxygens (including phenoxy) is 1. The fraction of sp³-hybridized carbons (Fsp3) is 0.357. The van der Waals surface area contributed by atoms with Crippen LogP contribution >= 0.6 is 15.9 Å². The maximum Gasteiger partial charge on any atom is 0.127 e. The first-order valence-corrected chi connectivity index (χ1v) is 7.15. The molecule has 0 unspecified atom stereocenters. The van der Waals surface area contributed by atoms with E-state index in [1.165, 1.54) is 16.7 Å².